The highest BCUT2D eigenvalue weighted by Crippen LogP contribution is 2.15. The average Bonchev–Trinajstić information content (AvgIpc) is 2.93. The number of amides is 1. The van der Waals surface area contributed by atoms with Gasteiger partial charge >= 0.3 is 0 Å². The molecule has 0 aromatic heterocycles. The van der Waals surface area contributed by atoms with Gasteiger partial charge in [0.05, 0.1) is 0 Å². The Balaban J connectivity index is 1.91. The van der Waals surface area contributed by atoms with Crippen molar-refractivity contribution < 1.29 is 13.6 Å². The lowest BCUT2D eigenvalue weighted by Gasteiger charge is -2.23. The maximum atomic E-state index is 13.4. The zero-order chi connectivity index (χ0) is 13.8. The Morgan fingerprint density at radius 3 is 2.95 bits per heavy atom. The fraction of sp³-hybridized carbons (Fsp3) is 0.500. The molecule has 1 N–H and O–H groups in total. The van der Waals surface area contributed by atoms with E-state index in [1.54, 1.807) is 11.9 Å². The summed E-state index contributed by atoms with van der Waals surface area (Å²) in [7, 11) is 1.77. The third-order valence-corrected chi connectivity index (χ3v) is 3.62. The Hall–Kier alpha value is -1.49. The van der Waals surface area contributed by atoms with Crippen molar-refractivity contribution in [1.82, 2.24) is 10.2 Å². The Labute approximate surface area is 111 Å². The summed E-state index contributed by atoms with van der Waals surface area (Å²) in [5.74, 6) is -1.74. The fourth-order valence-electron chi connectivity index (χ4n) is 2.33. The lowest BCUT2D eigenvalue weighted by Crippen LogP contribution is -2.38. The molecule has 0 bridgehead atoms. The molecule has 1 aliphatic heterocycles. The van der Waals surface area contributed by atoms with Crippen LogP contribution < -0.4 is 5.32 Å². The van der Waals surface area contributed by atoms with Gasteiger partial charge in [0.1, 0.15) is 0 Å². The molecule has 0 radical (unpaired) electrons. The van der Waals surface area contributed by atoms with Gasteiger partial charge in [-0.1, -0.05) is 12.1 Å². The molecule has 0 unspecified atom stereocenters. The summed E-state index contributed by atoms with van der Waals surface area (Å²) in [5, 5.41) is 3.20. The van der Waals surface area contributed by atoms with Crippen LogP contribution in [0.4, 0.5) is 8.78 Å². The standard InChI is InChI=1S/C14H18F2N2O/c1-18(11-7-8-17-9-11)13(19)6-5-10-3-2-4-12(15)14(10)16/h2-4,11,17H,5-9H2,1H3/t11-/m1/s1. The van der Waals surface area contributed by atoms with Gasteiger partial charge in [-0.25, -0.2) is 8.78 Å². The molecule has 2 rings (SSSR count). The first-order valence-corrected chi connectivity index (χ1v) is 6.49. The first-order chi connectivity index (χ1) is 9.09. The van der Waals surface area contributed by atoms with Gasteiger partial charge < -0.3 is 10.2 Å². The molecular weight excluding hydrogens is 250 g/mol. The van der Waals surface area contributed by atoms with Crippen LogP contribution >= 0.6 is 0 Å². The van der Waals surface area contributed by atoms with E-state index < -0.39 is 11.6 Å². The fourth-order valence-corrected chi connectivity index (χ4v) is 2.33. The molecule has 1 heterocycles. The second-order valence-electron chi connectivity index (χ2n) is 4.86. The summed E-state index contributed by atoms with van der Waals surface area (Å²) in [6.07, 6.45) is 1.37. The second-order valence-corrected chi connectivity index (χ2v) is 4.86. The van der Waals surface area contributed by atoms with Gasteiger partial charge in [0.25, 0.3) is 0 Å². The molecule has 1 fully saturated rings. The highest BCUT2D eigenvalue weighted by molar-refractivity contribution is 5.76. The molecule has 1 saturated heterocycles. The van der Waals surface area contributed by atoms with Crippen LogP contribution in [0.15, 0.2) is 18.2 Å². The lowest BCUT2D eigenvalue weighted by molar-refractivity contribution is -0.131. The number of hydrogen-bond donors (Lipinski definition) is 1. The molecule has 1 atom stereocenters. The smallest absolute Gasteiger partial charge is 0.222 e. The van der Waals surface area contributed by atoms with E-state index >= 15 is 0 Å². The third kappa shape index (κ3) is 3.29. The van der Waals surface area contributed by atoms with Gasteiger partial charge in [-0.2, -0.15) is 0 Å². The lowest BCUT2D eigenvalue weighted by atomic mass is 10.1. The van der Waals surface area contributed by atoms with Crippen molar-refractivity contribution in [3.05, 3.63) is 35.4 Å². The van der Waals surface area contributed by atoms with Gasteiger partial charge in [-0.3, -0.25) is 4.79 Å². The number of carbonyl (C=O) groups excluding carboxylic acids is 1. The van der Waals surface area contributed by atoms with E-state index in [9.17, 15) is 13.6 Å². The van der Waals surface area contributed by atoms with E-state index in [0.29, 0.717) is 0 Å². The largest absolute Gasteiger partial charge is 0.341 e. The first kappa shape index (κ1) is 13.9. The molecule has 1 aliphatic rings. The van der Waals surface area contributed by atoms with Crippen LogP contribution in [-0.4, -0.2) is 37.0 Å². The van der Waals surface area contributed by atoms with Gasteiger partial charge in [-0.05, 0) is 31.0 Å². The summed E-state index contributed by atoms with van der Waals surface area (Å²) < 4.78 is 26.5. The van der Waals surface area contributed by atoms with E-state index in [1.165, 1.54) is 12.1 Å². The van der Waals surface area contributed by atoms with Crippen LogP contribution in [0.1, 0.15) is 18.4 Å². The molecule has 5 heteroatoms. The minimum Gasteiger partial charge on any atom is -0.341 e. The SMILES string of the molecule is CN(C(=O)CCc1cccc(F)c1F)[C@@H]1CCNC1. The Bertz CT molecular complexity index is 459. The predicted molar refractivity (Wildman–Crippen MR) is 68.7 cm³/mol. The molecule has 0 spiro atoms. The van der Waals surface area contributed by atoms with Crippen LogP contribution in [0.3, 0.4) is 0 Å². The average molecular weight is 268 g/mol. The van der Waals surface area contributed by atoms with Crippen LogP contribution in [0.25, 0.3) is 0 Å². The van der Waals surface area contributed by atoms with E-state index in [-0.39, 0.29) is 30.4 Å². The first-order valence-electron chi connectivity index (χ1n) is 6.49. The summed E-state index contributed by atoms with van der Waals surface area (Å²) in [5.41, 5.74) is 0.256. The van der Waals surface area contributed by atoms with Crippen molar-refractivity contribution in [3.8, 4) is 0 Å². The van der Waals surface area contributed by atoms with Crippen molar-refractivity contribution in [2.45, 2.75) is 25.3 Å². The normalized spacial score (nSPS) is 18.6. The number of likely N-dealkylation sites (N-methyl/N-ethyl adjacent to an activating group) is 1. The number of rotatable bonds is 4. The van der Waals surface area contributed by atoms with Crippen LogP contribution in [0, 0.1) is 11.6 Å². The minimum atomic E-state index is -0.863. The highest BCUT2D eigenvalue weighted by Gasteiger charge is 2.23. The number of carbonyl (C=O) groups is 1. The van der Waals surface area contributed by atoms with Crippen molar-refractivity contribution >= 4 is 5.91 Å². The summed E-state index contributed by atoms with van der Waals surface area (Å²) >= 11 is 0. The second kappa shape index (κ2) is 6.10. The van der Waals surface area contributed by atoms with Crippen molar-refractivity contribution in [3.63, 3.8) is 0 Å². The maximum absolute atomic E-state index is 13.4. The van der Waals surface area contributed by atoms with Crippen molar-refractivity contribution in [2.24, 2.45) is 0 Å². The van der Waals surface area contributed by atoms with E-state index in [1.807, 2.05) is 0 Å². The summed E-state index contributed by atoms with van der Waals surface area (Å²) in [4.78, 5) is 13.7. The van der Waals surface area contributed by atoms with Gasteiger partial charge in [0, 0.05) is 26.1 Å². The molecule has 3 nitrogen and oxygen atoms in total. The number of aryl methyl sites for hydroxylation is 1. The van der Waals surface area contributed by atoms with Crippen molar-refractivity contribution in [1.29, 1.82) is 0 Å². The minimum absolute atomic E-state index is 0.0302. The highest BCUT2D eigenvalue weighted by atomic mass is 19.2. The van der Waals surface area contributed by atoms with E-state index in [4.69, 9.17) is 0 Å². The number of halogens is 2. The molecule has 0 aliphatic carbocycles. The summed E-state index contributed by atoms with van der Waals surface area (Å²) in [6, 6.07) is 4.27. The molecular formula is C14H18F2N2O. The van der Waals surface area contributed by atoms with E-state index in [2.05, 4.69) is 5.32 Å². The Kier molecular flexibility index (Phi) is 4.47. The third-order valence-electron chi connectivity index (χ3n) is 3.62. The quantitative estimate of drug-likeness (QED) is 0.901. The topological polar surface area (TPSA) is 32.3 Å². The monoisotopic (exact) mass is 268 g/mol. The van der Waals surface area contributed by atoms with Gasteiger partial charge in [0.2, 0.25) is 5.91 Å². The summed E-state index contributed by atoms with van der Waals surface area (Å²) in [6.45, 7) is 1.72. The zero-order valence-corrected chi connectivity index (χ0v) is 11.0. The predicted octanol–water partition coefficient (Wildman–Crippen LogP) is 1.72. The van der Waals surface area contributed by atoms with Crippen LogP contribution in [0.2, 0.25) is 0 Å². The van der Waals surface area contributed by atoms with Gasteiger partial charge in [0.15, 0.2) is 11.6 Å². The Morgan fingerprint density at radius 2 is 2.26 bits per heavy atom. The molecule has 104 valence electrons. The zero-order valence-electron chi connectivity index (χ0n) is 11.0. The molecule has 1 amide bonds. The molecule has 1 aromatic rings. The van der Waals surface area contributed by atoms with Crippen LogP contribution in [0.5, 0.6) is 0 Å². The van der Waals surface area contributed by atoms with E-state index in [0.717, 1.165) is 25.6 Å². The maximum Gasteiger partial charge on any atom is 0.222 e. The van der Waals surface area contributed by atoms with Gasteiger partial charge in [-0.15, -0.1) is 0 Å². The van der Waals surface area contributed by atoms with Crippen molar-refractivity contribution in [2.75, 3.05) is 20.1 Å². The number of nitrogens with zero attached hydrogens (tertiary/aromatic N) is 1. The molecule has 19 heavy (non-hydrogen) atoms. The van der Waals surface area contributed by atoms with Crippen LogP contribution in [-0.2, 0) is 11.2 Å². The molecule has 0 saturated carbocycles. The number of nitrogens with one attached hydrogen (secondary N) is 1. The Morgan fingerprint density at radius 1 is 1.47 bits per heavy atom. The molecule has 1 aromatic carbocycles. The number of benzene rings is 1. The number of hydrogen-bond acceptors (Lipinski definition) is 2.